The van der Waals surface area contributed by atoms with Crippen molar-refractivity contribution in [3.63, 3.8) is 0 Å². The molecule has 39 heavy (non-hydrogen) atoms. The first-order valence-corrected chi connectivity index (χ1v) is 13.1. The van der Waals surface area contributed by atoms with Crippen molar-refractivity contribution >= 4 is 17.7 Å². The molecule has 0 atom stereocenters. The van der Waals surface area contributed by atoms with Gasteiger partial charge >= 0.3 is 11.8 Å². The normalized spacial score (nSPS) is 23.8. The van der Waals surface area contributed by atoms with Crippen molar-refractivity contribution < 1.29 is 23.9 Å². The van der Waals surface area contributed by atoms with Crippen molar-refractivity contribution in [2.75, 3.05) is 27.2 Å². The Morgan fingerprint density at radius 2 is 1.85 bits per heavy atom. The number of nitrogens with zero attached hydrogens (tertiary/aromatic N) is 4. The summed E-state index contributed by atoms with van der Waals surface area (Å²) in [5.41, 5.74) is -1.68. The first-order valence-electron chi connectivity index (χ1n) is 13.1. The predicted octanol–water partition coefficient (Wildman–Crippen LogP) is 0.758. The smallest absolute Gasteiger partial charge is 0.311 e. The highest BCUT2D eigenvalue weighted by atomic mass is 19.1. The van der Waals surface area contributed by atoms with Gasteiger partial charge in [-0.1, -0.05) is 12.1 Å². The summed E-state index contributed by atoms with van der Waals surface area (Å²) in [4.78, 5) is 60.1. The van der Waals surface area contributed by atoms with Crippen LogP contribution < -0.4 is 16.2 Å². The van der Waals surface area contributed by atoms with E-state index in [1.54, 1.807) is 13.0 Å². The van der Waals surface area contributed by atoms with Crippen molar-refractivity contribution in [2.24, 2.45) is 0 Å². The van der Waals surface area contributed by atoms with E-state index in [1.807, 2.05) is 0 Å². The van der Waals surface area contributed by atoms with Gasteiger partial charge in [0.1, 0.15) is 11.6 Å². The monoisotopic (exact) mass is 540 g/mol. The zero-order valence-electron chi connectivity index (χ0n) is 22.3. The molecule has 0 radical (unpaired) electrons. The number of hydrogen-bond donors (Lipinski definition) is 3. The van der Waals surface area contributed by atoms with Crippen LogP contribution in [-0.4, -0.2) is 74.9 Å². The molecule has 3 amide bonds. The van der Waals surface area contributed by atoms with Crippen LogP contribution in [0.5, 0.6) is 5.75 Å². The van der Waals surface area contributed by atoms with Crippen molar-refractivity contribution in [2.45, 2.75) is 63.2 Å². The summed E-state index contributed by atoms with van der Waals surface area (Å²) >= 11 is 0. The van der Waals surface area contributed by atoms with Gasteiger partial charge in [0, 0.05) is 32.7 Å². The van der Waals surface area contributed by atoms with Crippen LogP contribution in [0.4, 0.5) is 4.39 Å². The Balaban J connectivity index is 1.54. The fraction of sp³-hybridized carbons (Fsp3) is 0.519. The first kappa shape index (κ1) is 26.8. The molecule has 4 aliphatic rings. The molecule has 4 heterocycles. The van der Waals surface area contributed by atoms with Gasteiger partial charge in [-0.25, -0.2) is 9.37 Å². The van der Waals surface area contributed by atoms with Gasteiger partial charge in [0.05, 0.1) is 5.54 Å². The predicted molar refractivity (Wildman–Crippen MR) is 138 cm³/mol. The highest BCUT2D eigenvalue weighted by Crippen LogP contribution is 2.48. The van der Waals surface area contributed by atoms with E-state index in [9.17, 15) is 28.7 Å². The lowest BCUT2D eigenvalue weighted by Crippen LogP contribution is -2.60. The van der Waals surface area contributed by atoms with Gasteiger partial charge in [-0.2, -0.15) is 0 Å². The Labute approximate surface area is 225 Å². The molecule has 11 nitrogen and oxygen atoms in total. The molecule has 1 aliphatic carbocycles. The Morgan fingerprint density at radius 1 is 1.15 bits per heavy atom. The Kier molecular flexibility index (Phi) is 6.69. The minimum absolute atomic E-state index is 0.0246. The van der Waals surface area contributed by atoms with E-state index in [-0.39, 0.29) is 30.3 Å². The molecule has 2 aromatic rings. The highest BCUT2D eigenvalue weighted by Gasteiger charge is 2.54. The number of benzene rings is 1. The first-order chi connectivity index (χ1) is 18.5. The number of carbonyl (C=O) groups is 3. The molecule has 2 fully saturated rings. The quantitative estimate of drug-likeness (QED) is 0.476. The summed E-state index contributed by atoms with van der Waals surface area (Å²) in [6.45, 7) is 3.68. The number of likely N-dealkylation sites (N-methyl/N-ethyl adjacent to an activating group) is 1. The van der Waals surface area contributed by atoms with E-state index >= 15 is 0 Å². The van der Waals surface area contributed by atoms with Gasteiger partial charge in [-0.15, -0.1) is 0 Å². The lowest BCUT2D eigenvalue weighted by atomic mass is 9.71. The van der Waals surface area contributed by atoms with E-state index in [2.05, 4.69) is 20.5 Å². The zero-order valence-corrected chi connectivity index (χ0v) is 22.3. The second-order valence-corrected chi connectivity index (χ2v) is 11.1. The topological polar surface area (TPSA) is 137 Å². The van der Waals surface area contributed by atoms with Crippen LogP contribution in [0.2, 0.25) is 0 Å². The number of likely N-dealkylation sites (tertiary alicyclic amines) is 1. The molecule has 3 N–H and O–H groups in total. The Hall–Kier alpha value is -3.80. The molecule has 6 rings (SSSR count). The summed E-state index contributed by atoms with van der Waals surface area (Å²) in [6.07, 6.45) is 3.20. The molecule has 3 aliphatic heterocycles. The number of aromatic nitrogens is 2. The van der Waals surface area contributed by atoms with Crippen LogP contribution in [-0.2, 0) is 28.2 Å². The summed E-state index contributed by atoms with van der Waals surface area (Å²) in [7, 11) is 2.95. The van der Waals surface area contributed by atoms with E-state index in [4.69, 9.17) is 0 Å². The number of halogens is 1. The number of amides is 3. The molecule has 0 unspecified atom stereocenters. The number of fused-ring (bicyclic) bond motifs is 2. The molecular weight excluding hydrogens is 507 g/mol. The minimum Gasteiger partial charge on any atom is -0.501 e. The molecule has 1 saturated heterocycles. The maximum Gasteiger partial charge on any atom is 0.311 e. The van der Waals surface area contributed by atoms with Crippen LogP contribution in [0, 0.1) is 12.7 Å². The van der Waals surface area contributed by atoms with Crippen molar-refractivity contribution in [3.8, 4) is 5.75 Å². The van der Waals surface area contributed by atoms with Gasteiger partial charge < -0.3 is 20.6 Å². The molecular formula is C27H33FN6O5. The summed E-state index contributed by atoms with van der Waals surface area (Å²) in [5, 5.41) is 16.3. The molecule has 1 saturated carbocycles. The fourth-order valence-corrected chi connectivity index (χ4v) is 5.98. The minimum atomic E-state index is -1.16. The standard InChI is InChI=1S/C27H33FN6O5/c1-16-13-17(5-6-18(16)28)14-29-21(36)19-20(35)23(38)34-15-26(33-11-4-12-33)7-9-27(10-8-26,25(34)30-19)31-22(37)24(39)32(2)3/h5-6,13,35H,4,7-12,14-15H2,1-3H3,(H,29,36)(H,31,37). The second kappa shape index (κ2) is 9.74. The average molecular weight is 541 g/mol. The van der Waals surface area contributed by atoms with E-state index in [1.165, 1.54) is 35.7 Å². The SMILES string of the molecule is Cc1cc(CNC(=O)c2nc3n(c(=O)c2O)CC2(N4CCC4)CCC3(NC(=O)C(=O)N(C)C)CC2)ccc1F. The Bertz CT molecular complexity index is 1410. The van der Waals surface area contributed by atoms with Crippen molar-refractivity contribution in [1.82, 2.24) is 30.0 Å². The Morgan fingerprint density at radius 3 is 2.44 bits per heavy atom. The van der Waals surface area contributed by atoms with E-state index in [0.717, 1.165) is 19.5 Å². The van der Waals surface area contributed by atoms with Gasteiger partial charge in [0.2, 0.25) is 5.75 Å². The lowest BCUT2D eigenvalue weighted by molar-refractivity contribution is -0.145. The molecule has 1 aromatic heterocycles. The van der Waals surface area contributed by atoms with E-state index < -0.39 is 40.3 Å². The van der Waals surface area contributed by atoms with Crippen LogP contribution in [0.1, 0.15) is 59.5 Å². The summed E-state index contributed by atoms with van der Waals surface area (Å²) < 4.78 is 15.0. The molecule has 1 aromatic carbocycles. The summed E-state index contributed by atoms with van der Waals surface area (Å²) in [6, 6.07) is 4.42. The number of carbonyl (C=O) groups excluding carboxylic acids is 3. The maximum atomic E-state index is 13.6. The van der Waals surface area contributed by atoms with Gasteiger partial charge in [0.25, 0.3) is 11.5 Å². The maximum absolute atomic E-state index is 13.6. The second-order valence-electron chi connectivity index (χ2n) is 11.1. The molecule has 2 bridgehead atoms. The largest absolute Gasteiger partial charge is 0.501 e. The fourth-order valence-electron chi connectivity index (χ4n) is 5.98. The van der Waals surface area contributed by atoms with Crippen LogP contribution in [0.15, 0.2) is 23.0 Å². The lowest BCUT2D eigenvalue weighted by Gasteiger charge is -2.52. The third kappa shape index (κ3) is 4.56. The number of nitrogens with one attached hydrogen (secondary N) is 2. The van der Waals surface area contributed by atoms with Crippen molar-refractivity contribution in [1.29, 1.82) is 0 Å². The van der Waals surface area contributed by atoms with Crippen LogP contribution in [0.25, 0.3) is 0 Å². The third-order valence-electron chi connectivity index (χ3n) is 8.43. The number of aryl methyl sites for hydroxylation is 1. The number of rotatable bonds is 5. The van der Waals surface area contributed by atoms with Crippen LogP contribution >= 0.6 is 0 Å². The van der Waals surface area contributed by atoms with Gasteiger partial charge in [-0.05, 0) is 69.3 Å². The molecule has 0 spiro atoms. The molecule has 12 heteroatoms. The average Bonchev–Trinajstić information content (AvgIpc) is 3.08. The third-order valence-corrected chi connectivity index (χ3v) is 8.43. The van der Waals surface area contributed by atoms with Crippen LogP contribution in [0.3, 0.4) is 0 Å². The number of aromatic hydroxyl groups is 1. The van der Waals surface area contributed by atoms with E-state index in [0.29, 0.717) is 36.8 Å². The van der Waals surface area contributed by atoms with Gasteiger partial charge in [-0.3, -0.25) is 28.6 Å². The van der Waals surface area contributed by atoms with Crippen molar-refractivity contribution in [3.05, 3.63) is 57.0 Å². The number of hydrogen-bond acceptors (Lipinski definition) is 7. The molecule has 208 valence electrons. The summed E-state index contributed by atoms with van der Waals surface area (Å²) in [5.74, 6) is -3.34. The highest BCUT2D eigenvalue weighted by molar-refractivity contribution is 6.35. The zero-order chi connectivity index (χ0) is 28.1. The van der Waals surface area contributed by atoms with Gasteiger partial charge in [0.15, 0.2) is 5.69 Å².